The van der Waals surface area contributed by atoms with Crippen molar-refractivity contribution >= 4 is 28.0 Å². The Bertz CT molecular complexity index is 2080. The van der Waals surface area contributed by atoms with Gasteiger partial charge in [0.15, 0.2) is 0 Å². The normalized spacial score (nSPS) is 16.2. The molecule has 0 aliphatic heterocycles. The molecular formula is C46H40SiZr. The van der Waals surface area contributed by atoms with E-state index in [9.17, 15) is 0 Å². The van der Waals surface area contributed by atoms with E-state index in [1.807, 2.05) is 0 Å². The molecule has 0 aromatic heterocycles. The van der Waals surface area contributed by atoms with Gasteiger partial charge in [0.1, 0.15) is 0 Å². The van der Waals surface area contributed by atoms with Crippen LogP contribution in [0.2, 0.25) is 0 Å². The third-order valence-electron chi connectivity index (χ3n) is 10.3. The minimum absolute atomic E-state index is 0.488. The van der Waals surface area contributed by atoms with Gasteiger partial charge >= 0.3 is 296 Å². The van der Waals surface area contributed by atoms with Gasteiger partial charge in [0.2, 0.25) is 0 Å². The summed E-state index contributed by atoms with van der Waals surface area (Å²) in [5, 5.41) is 3.15. The fourth-order valence-electron chi connectivity index (χ4n) is 8.06. The molecule has 0 nitrogen and oxygen atoms in total. The summed E-state index contributed by atoms with van der Waals surface area (Å²) in [6, 6.07) is 55.6. The second kappa shape index (κ2) is 13.1. The molecule has 0 fully saturated rings. The van der Waals surface area contributed by atoms with Crippen LogP contribution in [0.5, 0.6) is 0 Å². The Balaban J connectivity index is 1.44. The molecule has 0 radical (unpaired) electrons. The van der Waals surface area contributed by atoms with E-state index in [0.717, 1.165) is 0 Å². The first-order valence-corrected chi connectivity index (χ1v) is 25.1. The zero-order valence-corrected chi connectivity index (χ0v) is 31.6. The van der Waals surface area contributed by atoms with E-state index in [4.69, 9.17) is 0 Å². The van der Waals surface area contributed by atoms with Crippen LogP contribution in [0.25, 0.3) is 34.4 Å². The Morgan fingerprint density at radius 1 is 0.417 bits per heavy atom. The van der Waals surface area contributed by atoms with Crippen LogP contribution in [0.1, 0.15) is 54.5 Å². The van der Waals surface area contributed by atoms with E-state index in [0.29, 0.717) is 7.25 Å². The van der Waals surface area contributed by atoms with Crippen LogP contribution in [0.4, 0.5) is 0 Å². The van der Waals surface area contributed by atoms with Gasteiger partial charge in [0, 0.05) is 0 Å². The van der Waals surface area contributed by atoms with Gasteiger partial charge in [-0.2, -0.15) is 0 Å². The number of allylic oxidation sites excluding steroid dienone is 2. The van der Waals surface area contributed by atoms with Gasteiger partial charge in [-0.05, 0) is 0 Å². The maximum atomic E-state index is 2.56. The summed E-state index contributed by atoms with van der Waals surface area (Å²) in [5.74, 6) is 0. The predicted octanol–water partition coefficient (Wildman–Crippen LogP) is 10.7. The topological polar surface area (TPSA) is 0 Å². The third kappa shape index (κ3) is 5.60. The molecule has 2 atom stereocenters. The van der Waals surface area contributed by atoms with Crippen LogP contribution in [-0.2, 0) is 20.4 Å². The summed E-state index contributed by atoms with van der Waals surface area (Å²) in [4.78, 5) is 0. The van der Waals surface area contributed by atoms with Gasteiger partial charge < -0.3 is 0 Å². The van der Waals surface area contributed by atoms with Crippen LogP contribution in [0.15, 0.2) is 157 Å². The molecule has 0 bridgehead atoms. The molecule has 0 N–H and O–H groups in total. The van der Waals surface area contributed by atoms with E-state index in [1.165, 1.54) is 44.5 Å². The summed E-state index contributed by atoms with van der Waals surface area (Å²) in [7, 11) is 0. The summed E-state index contributed by atoms with van der Waals surface area (Å²) in [6.07, 6.45) is 5.12. The van der Waals surface area contributed by atoms with E-state index >= 15 is 0 Å². The third-order valence-corrected chi connectivity index (χ3v) is 31.5. The van der Waals surface area contributed by atoms with E-state index in [1.54, 1.807) is 32.6 Å². The average molecular weight is 712 g/mol. The van der Waals surface area contributed by atoms with Gasteiger partial charge in [-0.15, -0.1) is 0 Å². The standard InChI is InChI=1S/2C16H13.C14H14Si.Zr/c2*1-12-10-14-8-5-9-15(16(14)11-12)13-6-3-2-4-7-13;1-11-3-7-13(8-4-11)15-14-9-5-12(2)6-10-14;/h2*2-11H,1H3;3-10H,1-2H3;. The Hall–Kier alpha value is -4.10. The van der Waals surface area contributed by atoms with Crippen LogP contribution in [0.3, 0.4) is 0 Å². The van der Waals surface area contributed by atoms with Crippen LogP contribution < -0.4 is 10.4 Å². The Labute approximate surface area is 293 Å². The second-order valence-corrected chi connectivity index (χ2v) is 27.6. The molecule has 0 amide bonds. The summed E-state index contributed by atoms with van der Waals surface area (Å²) >= 11 is -2.68. The number of fused-ring (bicyclic) bond motifs is 2. The summed E-state index contributed by atoms with van der Waals surface area (Å²) in [5.41, 5.74) is 16.0. The maximum absolute atomic E-state index is 2.68. The molecule has 2 heteroatoms. The van der Waals surface area contributed by atoms with E-state index in [-0.39, 0.29) is 0 Å². The molecule has 0 saturated carbocycles. The number of hydrogen-bond donors (Lipinski definition) is 0. The average Bonchev–Trinajstić information content (AvgIpc) is 3.64. The SMILES string of the molecule is CC1=Cc2c(-c3ccccc3)cccc2[CH]1[Zr]([CH]1C(C)=Cc2c(-c3ccccc3)cccc21)=[Si](c1ccc(C)cc1)c1ccc(C)cc1. The molecule has 2 unspecified atom stereocenters. The van der Waals surface area contributed by atoms with E-state index < -0.39 is 25.8 Å². The molecule has 6 aromatic rings. The van der Waals surface area contributed by atoms with Gasteiger partial charge in [-0.1, -0.05) is 0 Å². The molecular weight excluding hydrogens is 672 g/mol. The monoisotopic (exact) mass is 710 g/mol. The number of aryl methyl sites for hydroxylation is 2. The van der Waals surface area contributed by atoms with Crippen molar-refractivity contribution in [2.45, 2.75) is 34.9 Å². The van der Waals surface area contributed by atoms with Crippen molar-refractivity contribution < 1.29 is 20.4 Å². The van der Waals surface area contributed by atoms with Gasteiger partial charge in [-0.25, -0.2) is 0 Å². The van der Waals surface area contributed by atoms with Crippen molar-refractivity contribution in [2.75, 3.05) is 0 Å². The second-order valence-electron chi connectivity index (χ2n) is 13.6. The molecule has 8 rings (SSSR count). The van der Waals surface area contributed by atoms with Crippen LogP contribution in [-0.4, -0.2) is 5.43 Å². The Morgan fingerprint density at radius 3 is 1.21 bits per heavy atom. The fourth-order valence-corrected chi connectivity index (χ4v) is 33.3. The quantitative estimate of drug-likeness (QED) is 0.151. The number of hydrogen-bond acceptors (Lipinski definition) is 0. The summed E-state index contributed by atoms with van der Waals surface area (Å²) < 4.78 is 0.976. The van der Waals surface area contributed by atoms with Crippen molar-refractivity contribution in [3.63, 3.8) is 0 Å². The van der Waals surface area contributed by atoms with Crippen molar-refractivity contribution in [2.24, 2.45) is 0 Å². The Morgan fingerprint density at radius 2 is 0.812 bits per heavy atom. The minimum atomic E-state index is -2.68. The molecule has 6 aromatic carbocycles. The van der Waals surface area contributed by atoms with Gasteiger partial charge in [-0.3, -0.25) is 0 Å². The molecule has 2 aliphatic carbocycles. The molecule has 2 aliphatic rings. The van der Waals surface area contributed by atoms with Gasteiger partial charge in [0.25, 0.3) is 0 Å². The zero-order valence-electron chi connectivity index (χ0n) is 28.2. The van der Waals surface area contributed by atoms with Crippen molar-refractivity contribution in [3.8, 4) is 22.3 Å². The van der Waals surface area contributed by atoms with Crippen molar-refractivity contribution in [3.05, 3.63) is 190 Å². The van der Waals surface area contributed by atoms with Crippen molar-refractivity contribution in [1.82, 2.24) is 0 Å². The number of rotatable bonds is 6. The van der Waals surface area contributed by atoms with E-state index in [2.05, 4.69) is 185 Å². The zero-order chi connectivity index (χ0) is 32.8. The van der Waals surface area contributed by atoms with Gasteiger partial charge in [0.05, 0.1) is 0 Å². The Kier molecular flexibility index (Phi) is 8.49. The molecule has 232 valence electrons. The molecule has 0 heterocycles. The molecule has 48 heavy (non-hydrogen) atoms. The fraction of sp³-hybridized carbons (Fsp3) is 0.130. The number of benzene rings is 6. The molecule has 0 spiro atoms. The first kappa shape index (κ1) is 31.2. The first-order valence-electron chi connectivity index (χ1n) is 17.1. The first-order chi connectivity index (χ1) is 23.5. The molecule has 0 saturated heterocycles. The summed E-state index contributed by atoms with van der Waals surface area (Å²) in [6.45, 7) is 9.33. The van der Waals surface area contributed by atoms with Crippen molar-refractivity contribution in [1.29, 1.82) is 0 Å². The van der Waals surface area contributed by atoms with Crippen LogP contribution in [0, 0.1) is 13.8 Å². The predicted molar refractivity (Wildman–Crippen MR) is 204 cm³/mol. The van der Waals surface area contributed by atoms with Crippen LogP contribution >= 0.6 is 0 Å².